The number of aromatic amines is 1. The van der Waals surface area contributed by atoms with Gasteiger partial charge in [0.1, 0.15) is 11.6 Å². The lowest BCUT2D eigenvalue weighted by Gasteiger charge is -2.26. The molecule has 0 aliphatic heterocycles. The third kappa shape index (κ3) is 5.01. The molecule has 1 amide bonds. The van der Waals surface area contributed by atoms with Crippen LogP contribution in [0, 0.1) is 0 Å². The molecule has 0 radical (unpaired) electrons. The van der Waals surface area contributed by atoms with Gasteiger partial charge in [-0.1, -0.05) is 46.9 Å². The summed E-state index contributed by atoms with van der Waals surface area (Å²) in [5, 5.41) is 1.32. The van der Waals surface area contributed by atoms with Crippen LogP contribution in [0.2, 0.25) is 15.1 Å². The number of rotatable bonds is 6. The zero-order valence-electron chi connectivity index (χ0n) is 15.7. The maximum atomic E-state index is 12.8. The number of ether oxygens (including phenoxy) is 1. The highest BCUT2D eigenvalue weighted by molar-refractivity contribution is 6.43. The first kappa shape index (κ1) is 21.4. The van der Waals surface area contributed by atoms with Crippen LogP contribution in [-0.2, 0) is 11.3 Å². The van der Waals surface area contributed by atoms with Gasteiger partial charge in [0.15, 0.2) is 6.61 Å². The normalized spacial score (nSPS) is 11.1. The van der Waals surface area contributed by atoms with Crippen molar-refractivity contribution < 1.29 is 9.53 Å². The minimum Gasteiger partial charge on any atom is -0.482 e. The first-order valence-corrected chi connectivity index (χ1v) is 9.94. The summed E-state index contributed by atoms with van der Waals surface area (Å²) in [4.78, 5) is 33.8. The maximum Gasteiger partial charge on any atom is 0.261 e. The third-order valence-corrected chi connectivity index (χ3v) is 5.27. The quantitative estimate of drug-likeness (QED) is 0.548. The van der Waals surface area contributed by atoms with E-state index in [1.807, 2.05) is 13.8 Å². The second kappa shape index (κ2) is 9.03. The molecule has 6 nitrogen and oxygen atoms in total. The molecule has 0 spiro atoms. The first-order valence-electron chi connectivity index (χ1n) is 8.81. The molecule has 0 unspecified atom stereocenters. The molecule has 1 aromatic heterocycles. The van der Waals surface area contributed by atoms with E-state index in [1.165, 1.54) is 12.1 Å². The second-order valence-corrected chi connectivity index (χ2v) is 7.85. The molecular weight excluding hydrogens is 437 g/mol. The van der Waals surface area contributed by atoms with Crippen molar-refractivity contribution in [1.29, 1.82) is 0 Å². The molecule has 0 aliphatic carbocycles. The highest BCUT2D eigenvalue weighted by Crippen LogP contribution is 2.33. The predicted octanol–water partition coefficient (Wildman–Crippen LogP) is 4.70. The summed E-state index contributed by atoms with van der Waals surface area (Å²) in [5.41, 5.74) is 0.321. The van der Waals surface area contributed by atoms with Crippen molar-refractivity contribution in [1.82, 2.24) is 14.9 Å². The molecule has 0 saturated heterocycles. The average Bonchev–Trinajstić information content (AvgIpc) is 2.67. The molecule has 0 bridgehead atoms. The van der Waals surface area contributed by atoms with Gasteiger partial charge in [0.25, 0.3) is 11.5 Å². The van der Waals surface area contributed by atoms with E-state index in [1.54, 1.807) is 29.2 Å². The third-order valence-electron chi connectivity index (χ3n) is 4.25. The number of amides is 1. The zero-order chi connectivity index (χ0) is 21.1. The number of nitrogens with zero attached hydrogens (tertiary/aromatic N) is 2. The van der Waals surface area contributed by atoms with Gasteiger partial charge in [-0.2, -0.15) is 0 Å². The Balaban J connectivity index is 1.77. The molecule has 3 aromatic rings. The van der Waals surface area contributed by atoms with Crippen LogP contribution < -0.4 is 10.3 Å². The number of nitrogens with one attached hydrogen (secondary N) is 1. The van der Waals surface area contributed by atoms with Gasteiger partial charge in [0, 0.05) is 12.1 Å². The van der Waals surface area contributed by atoms with Gasteiger partial charge < -0.3 is 14.6 Å². The molecule has 0 fully saturated rings. The number of fused-ring (bicyclic) bond motifs is 1. The second-order valence-electron chi connectivity index (χ2n) is 6.63. The number of carbonyl (C=O) groups is 1. The highest BCUT2D eigenvalue weighted by Gasteiger charge is 2.20. The van der Waals surface area contributed by atoms with Crippen LogP contribution in [0.3, 0.4) is 0 Å². The smallest absolute Gasteiger partial charge is 0.261 e. The van der Waals surface area contributed by atoms with Crippen molar-refractivity contribution in [2.45, 2.75) is 26.4 Å². The standard InChI is InChI=1S/C20H18Cl3N3O3/c1-11(2)26(9-18-24-16-6-4-3-5-12(16)20(28)25-18)19(27)10-29-17-8-14(22)13(21)7-15(17)23/h3-8,11H,9-10H2,1-2H3,(H,24,25,28). The van der Waals surface area contributed by atoms with Crippen LogP contribution in [0.25, 0.3) is 10.9 Å². The SMILES string of the molecule is CC(C)N(Cc1nc2ccccc2c(=O)[nH]1)C(=O)COc1cc(Cl)c(Cl)cc1Cl. The largest absolute Gasteiger partial charge is 0.482 e. The van der Waals surface area contributed by atoms with E-state index >= 15 is 0 Å². The van der Waals surface area contributed by atoms with Crippen molar-refractivity contribution in [3.05, 3.63) is 67.6 Å². The number of halogens is 3. The Bertz CT molecular complexity index is 1120. The predicted molar refractivity (Wildman–Crippen MR) is 115 cm³/mol. The molecule has 1 heterocycles. The molecule has 0 saturated carbocycles. The molecule has 9 heteroatoms. The zero-order valence-corrected chi connectivity index (χ0v) is 18.0. The number of para-hydroxylation sites is 1. The van der Waals surface area contributed by atoms with Gasteiger partial charge in [-0.05, 0) is 32.0 Å². The molecular formula is C20H18Cl3N3O3. The summed E-state index contributed by atoms with van der Waals surface area (Å²) in [6.07, 6.45) is 0. The first-order chi connectivity index (χ1) is 13.8. The van der Waals surface area contributed by atoms with Crippen LogP contribution >= 0.6 is 34.8 Å². The molecule has 3 rings (SSSR count). The molecule has 0 atom stereocenters. The fourth-order valence-electron chi connectivity index (χ4n) is 2.77. The lowest BCUT2D eigenvalue weighted by Crippen LogP contribution is -2.40. The van der Waals surface area contributed by atoms with Gasteiger partial charge in [0.2, 0.25) is 0 Å². The summed E-state index contributed by atoms with van der Waals surface area (Å²) in [5.74, 6) is 0.358. The number of hydrogen-bond acceptors (Lipinski definition) is 4. The van der Waals surface area contributed by atoms with Crippen LogP contribution in [0.4, 0.5) is 0 Å². The number of carbonyl (C=O) groups excluding carboxylic acids is 1. The van der Waals surface area contributed by atoms with Gasteiger partial charge >= 0.3 is 0 Å². The lowest BCUT2D eigenvalue weighted by atomic mass is 10.2. The van der Waals surface area contributed by atoms with Crippen molar-refractivity contribution in [2.24, 2.45) is 0 Å². The van der Waals surface area contributed by atoms with Crippen LogP contribution in [0.5, 0.6) is 5.75 Å². The van der Waals surface area contributed by atoms with Crippen LogP contribution in [0.1, 0.15) is 19.7 Å². The summed E-state index contributed by atoms with van der Waals surface area (Å²) in [7, 11) is 0. The number of hydrogen-bond donors (Lipinski definition) is 1. The molecule has 1 N–H and O–H groups in total. The van der Waals surface area contributed by atoms with E-state index in [9.17, 15) is 9.59 Å². The van der Waals surface area contributed by atoms with Crippen molar-refractivity contribution in [3.63, 3.8) is 0 Å². The van der Waals surface area contributed by atoms with E-state index < -0.39 is 0 Å². The summed E-state index contributed by atoms with van der Waals surface area (Å²) in [6.45, 7) is 3.61. The Labute approximate surface area is 182 Å². The van der Waals surface area contributed by atoms with E-state index in [0.29, 0.717) is 21.7 Å². The minimum absolute atomic E-state index is 0.134. The summed E-state index contributed by atoms with van der Waals surface area (Å²) in [6, 6.07) is 9.80. The summed E-state index contributed by atoms with van der Waals surface area (Å²) >= 11 is 18.0. The molecule has 0 aliphatic rings. The number of benzene rings is 2. The summed E-state index contributed by atoms with van der Waals surface area (Å²) < 4.78 is 5.54. The fourth-order valence-corrected chi connectivity index (χ4v) is 3.36. The average molecular weight is 455 g/mol. The van der Waals surface area contributed by atoms with Gasteiger partial charge in [0.05, 0.1) is 32.5 Å². The Morgan fingerprint density at radius 1 is 1.14 bits per heavy atom. The molecule has 152 valence electrons. The topological polar surface area (TPSA) is 75.3 Å². The van der Waals surface area contributed by atoms with Gasteiger partial charge in [-0.15, -0.1) is 0 Å². The van der Waals surface area contributed by atoms with Gasteiger partial charge in [-0.3, -0.25) is 9.59 Å². The van der Waals surface area contributed by atoms with E-state index in [0.717, 1.165) is 0 Å². The minimum atomic E-state index is -0.294. The maximum absolute atomic E-state index is 12.8. The molecule has 2 aromatic carbocycles. The van der Waals surface area contributed by atoms with Crippen LogP contribution in [-0.4, -0.2) is 33.4 Å². The number of H-pyrrole nitrogens is 1. The number of aromatic nitrogens is 2. The van der Waals surface area contributed by atoms with E-state index in [4.69, 9.17) is 39.5 Å². The Morgan fingerprint density at radius 2 is 1.83 bits per heavy atom. The van der Waals surface area contributed by atoms with Crippen LogP contribution in [0.15, 0.2) is 41.2 Å². The highest BCUT2D eigenvalue weighted by atomic mass is 35.5. The van der Waals surface area contributed by atoms with Crippen molar-refractivity contribution in [3.8, 4) is 5.75 Å². The Morgan fingerprint density at radius 3 is 2.55 bits per heavy atom. The van der Waals surface area contributed by atoms with Gasteiger partial charge in [-0.25, -0.2) is 4.98 Å². The van der Waals surface area contributed by atoms with Crippen molar-refractivity contribution in [2.75, 3.05) is 6.61 Å². The Kier molecular flexibility index (Phi) is 6.67. The fraction of sp³-hybridized carbons (Fsp3) is 0.250. The lowest BCUT2D eigenvalue weighted by molar-refractivity contribution is -0.135. The van der Waals surface area contributed by atoms with E-state index in [-0.39, 0.29) is 46.5 Å². The molecule has 29 heavy (non-hydrogen) atoms. The van der Waals surface area contributed by atoms with Crippen molar-refractivity contribution >= 4 is 51.6 Å². The Hall–Kier alpha value is -2.28. The van der Waals surface area contributed by atoms with E-state index in [2.05, 4.69) is 9.97 Å². The monoisotopic (exact) mass is 453 g/mol.